The van der Waals surface area contributed by atoms with Crippen molar-refractivity contribution in [3.05, 3.63) is 69.6 Å². The number of carbonyl (C=O) groups is 2. The van der Waals surface area contributed by atoms with Crippen molar-refractivity contribution < 1.29 is 19.4 Å². The summed E-state index contributed by atoms with van der Waals surface area (Å²) >= 11 is 1.30. The SMILES string of the molecule is CCOCCCN1C(=O)C(O)=C(C(=O)c2cccs2)C1c1ccccc1. The van der Waals surface area contributed by atoms with E-state index in [4.69, 9.17) is 4.74 Å². The molecule has 0 radical (unpaired) electrons. The highest BCUT2D eigenvalue weighted by Gasteiger charge is 2.43. The van der Waals surface area contributed by atoms with E-state index in [1.54, 1.807) is 22.4 Å². The summed E-state index contributed by atoms with van der Waals surface area (Å²) in [4.78, 5) is 27.7. The lowest BCUT2D eigenvalue weighted by Gasteiger charge is -2.26. The summed E-state index contributed by atoms with van der Waals surface area (Å²) in [5, 5.41) is 12.3. The molecule has 6 heteroatoms. The molecule has 1 aliphatic rings. The molecule has 1 amide bonds. The molecular weight excluding hydrogens is 350 g/mol. The van der Waals surface area contributed by atoms with Crippen LogP contribution in [0, 0.1) is 0 Å². The molecule has 3 rings (SSSR count). The first-order chi connectivity index (χ1) is 12.6. The van der Waals surface area contributed by atoms with Gasteiger partial charge in [-0.2, -0.15) is 0 Å². The summed E-state index contributed by atoms with van der Waals surface area (Å²) in [5.74, 6) is -1.25. The molecule has 0 fully saturated rings. The topological polar surface area (TPSA) is 66.8 Å². The Bertz CT molecular complexity index is 798. The highest BCUT2D eigenvalue weighted by Crippen LogP contribution is 2.39. The van der Waals surface area contributed by atoms with E-state index >= 15 is 0 Å². The molecule has 0 spiro atoms. The van der Waals surface area contributed by atoms with Gasteiger partial charge in [-0.25, -0.2) is 0 Å². The van der Waals surface area contributed by atoms with Crippen LogP contribution < -0.4 is 0 Å². The first kappa shape index (κ1) is 18.4. The second kappa shape index (κ2) is 8.29. The van der Waals surface area contributed by atoms with Crippen LogP contribution in [-0.2, 0) is 9.53 Å². The molecule has 136 valence electrons. The van der Waals surface area contributed by atoms with Crippen molar-refractivity contribution in [3.8, 4) is 0 Å². The zero-order valence-electron chi connectivity index (χ0n) is 14.6. The molecular formula is C20H21NO4S. The van der Waals surface area contributed by atoms with Crippen LogP contribution in [0.3, 0.4) is 0 Å². The van der Waals surface area contributed by atoms with Crippen molar-refractivity contribution in [1.82, 2.24) is 4.90 Å². The predicted molar refractivity (Wildman–Crippen MR) is 100 cm³/mol. The lowest BCUT2D eigenvalue weighted by Crippen LogP contribution is -2.32. The van der Waals surface area contributed by atoms with Crippen LogP contribution in [0.1, 0.15) is 34.6 Å². The number of Topliss-reactive ketones (excluding diaryl/α,β-unsaturated/α-hetero) is 1. The molecule has 1 aromatic heterocycles. The third-order valence-electron chi connectivity index (χ3n) is 4.30. The largest absolute Gasteiger partial charge is 0.503 e. The molecule has 1 atom stereocenters. The maximum Gasteiger partial charge on any atom is 0.290 e. The first-order valence-electron chi connectivity index (χ1n) is 8.60. The standard InChI is InChI=1S/C20H21NO4S/c1-2-25-12-7-11-21-17(14-8-4-3-5-9-14)16(19(23)20(21)24)18(22)15-10-6-13-26-15/h3-6,8-10,13,17,23H,2,7,11-12H2,1H3. The van der Waals surface area contributed by atoms with Crippen molar-refractivity contribution in [2.75, 3.05) is 19.8 Å². The molecule has 2 heterocycles. The summed E-state index contributed by atoms with van der Waals surface area (Å²) in [6.45, 7) is 3.46. The normalized spacial score (nSPS) is 17.2. The Morgan fingerprint density at radius 2 is 2.00 bits per heavy atom. The van der Waals surface area contributed by atoms with Gasteiger partial charge in [0.1, 0.15) is 0 Å². The Hall–Kier alpha value is -2.44. The number of amides is 1. The summed E-state index contributed by atoms with van der Waals surface area (Å²) in [7, 11) is 0. The smallest absolute Gasteiger partial charge is 0.290 e. The number of ketones is 1. The van der Waals surface area contributed by atoms with Crippen LogP contribution in [0.25, 0.3) is 0 Å². The Kier molecular flexibility index (Phi) is 5.85. The van der Waals surface area contributed by atoms with Crippen LogP contribution in [0.15, 0.2) is 59.2 Å². The Morgan fingerprint density at radius 1 is 1.23 bits per heavy atom. The van der Waals surface area contributed by atoms with Gasteiger partial charge in [0.15, 0.2) is 5.76 Å². The Balaban J connectivity index is 1.95. The van der Waals surface area contributed by atoms with E-state index in [1.807, 2.05) is 37.3 Å². The van der Waals surface area contributed by atoms with Crippen molar-refractivity contribution in [1.29, 1.82) is 0 Å². The average molecular weight is 371 g/mol. The average Bonchev–Trinajstić information content (AvgIpc) is 3.28. The molecule has 2 aromatic rings. The number of hydrogen-bond donors (Lipinski definition) is 1. The van der Waals surface area contributed by atoms with Crippen LogP contribution in [0.4, 0.5) is 0 Å². The minimum Gasteiger partial charge on any atom is -0.503 e. The van der Waals surface area contributed by atoms with Crippen LogP contribution in [-0.4, -0.2) is 41.5 Å². The van der Waals surface area contributed by atoms with E-state index in [-0.39, 0.29) is 11.4 Å². The van der Waals surface area contributed by atoms with Crippen LogP contribution >= 0.6 is 11.3 Å². The molecule has 0 saturated heterocycles. The minimum absolute atomic E-state index is 0.153. The highest BCUT2D eigenvalue weighted by molar-refractivity contribution is 7.12. The minimum atomic E-state index is -0.583. The summed E-state index contributed by atoms with van der Waals surface area (Å²) in [6, 6.07) is 12.2. The number of thiophene rings is 1. The summed E-state index contributed by atoms with van der Waals surface area (Å²) in [5.41, 5.74) is 0.960. The Labute approximate surface area is 156 Å². The monoisotopic (exact) mass is 371 g/mol. The highest BCUT2D eigenvalue weighted by atomic mass is 32.1. The number of rotatable bonds is 8. The third-order valence-corrected chi connectivity index (χ3v) is 5.17. The number of nitrogens with zero attached hydrogens (tertiary/aromatic N) is 1. The number of benzene rings is 1. The van der Waals surface area contributed by atoms with Crippen molar-refractivity contribution in [3.63, 3.8) is 0 Å². The molecule has 1 unspecified atom stereocenters. The van der Waals surface area contributed by atoms with Crippen molar-refractivity contribution >= 4 is 23.0 Å². The van der Waals surface area contributed by atoms with Gasteiger partial charge in [0.25, 0.3) is 5.91 Å². The van der Waals surface area contributed by atoms with Gasteiger partial charge in [-0.3, -0.25) is 9.59 Å². The van der Waals surface area contributed by atoms with Crippen LogP contribution in [0.2, 0.25) is 0 Å². The molecule has 26 heavy (non-hydrogen) atoms. The maximum atomic E-state index is 13.0. The lowest BCUT2D eigenvalue weighted by molar-refractivity contribution is -0.129. The zero-order chi connectivity index (χ0) is 18.5. The second-order valence-corrected chi connectivity index (χ2v) is 6.88. The van der Waals surface area contributed by atoms with Gasteiger partial charge < -0.3 is 14.7 Å². The van der Waals surface area contributed by atoms with E-state index in [0.717, 1.165) is 5.56 Å². The van der Waals surface area contributed by atoms with Gasteiger partial charge in [-0.15, -0.1) is 11.3 Å². The molecule has 1 aromatic carbocycles. The summed E-state index contributed by atoms with van der Waals surface area (Å²) < 4.78 is 5.35. The van der Waals surface area contributed by atoms with Gasteiger partial charge in [-0.05, 0) is 30.4 Å². The molecule has 0 aliphatic carbocycles. The van der Waals surface area contributed by atoms with Crippen molar-refractivity contribution in [2.45, 2.75) is 19.4 Å². The fraction of sp³-hybridized carbons (Fsp3) is 0.300. The van der Waals surface area contributed by atoms with Gasteiger partial charge >= 0.3 is 0 Å². The fourth-order valence-corrected chi connectivity index (χ4v) is 3.80. The van der Waals surface area contributed by atoms with Crippen LogP contribution in [0.5, 0.6) is 0 Å². The van der Waals surface area contributed by atoms with Gasteiger partial charge in [0, 0.05) is 19.8 Å². The Morgan fingerprint density at radius 3 is 2.65 bits per heavy atom. The maximum absolute atomic E-state index is 13.0. The fourth-order valence-electron chi connectivity index (χ4n) is 3.12. The number of carbonyl (C=O) groups excluding carboxylic acids is 2. The van der Waals surface area contributed by atoms with E-state index in [1.165, 1.54) is 11.3 Å². The van der Waals surface area contributed by atoms with E-state index in [9.17, 15) is 14.7 Å². The molecule has 5 nitrogen and oxygen atoms in total. The number of hydrogen-bond acceptors (Lipinski definition) is 5. The lowest BCUT2D eigenvalue weighted by atomic mass is 9.95. The second-order valence-electron chi connectivity index (χ2n) is 5.93. The third kappa shape index (κ3) is 3.57. The first-order valence-corrected chi connectivity index (χ1v) is 9.48. The van der Waals surface area contributed by atoms with Gasteiger partial charge in [0.2, 0.25) is 5.78 Å². The number of ether oxygens (including phenoxy) is 1. The molecule has 0 bridgehead atoms. The van der Waals surface area contributed by atoms with E-state index in [0.29, 0.717) is 31.1 Å². The van der Waals surface area contributed by atoms with Gasteiger partial charge in [0.05, 0.1) is 16.5 Å². The van der Waals surface area contributed by atoms with E-state index < -0.39 is 17.7 Å². The molecule has 1 N–H and O–H groups in total. The van der Waals surface area contributed by atoms with Crippen molar-refractivity contribution in [2.24, 2.45) is 0 Å². The predicted octanol–water partition coefficient (Wildman–Crippen LogP) is 3.75. The number of aliphatic hydroxyl groups is 1. The van der Waals surface area contributed by atoms with E-state index in [2.05, 4.69) is 0 Å². The molecule has 0 saturated carbocycles. The zero-order valence-corrected chi connectivity index (χ0v) is 15.4. The quantitative estimate of drug-likeness (QED) is 0.567. The van der Waals surface area contributed by atoms with Gasteiger partial charge in [-0.1, -0.05) is 36.4 Å². The summed E-state index contributed by atoms with van der Waals surface area (Å²) in [6.07, 6.45) is 0.636. The molecule has 1 aliphatic heterocycles. The number of aliphatic hydroxyl groups excluding tert-OH is 1.